The highest BCUT2D eigenvalue weighted by atomic mass is 32.2. The molecule has 682 valence electrons. The van der Waals surface area contributed by atoms with E-state index in [1.54, 1.807) is 107 Å². The van der Waals surface area contributed by atoms with E-state index in [9.17, 15) is 47.3 Å². The fourth-order valence-electron chi connectivity index (χ4n) is 18.0. The molecule has 134 heavy (non-hydrogen) atoms. The Morgan fingerprint density at radius 1 is 0.388 bits per heavy atom. The van der Waals surface area contributed by atoms with Crippen LogP contribution < -0.4 is 34.2 Å². The minimum atomic E-state index is -4.08. The largest absolute Gasteiger partial charge is 0.489 e. The third-order valence-corrected chi connectivity index (χ3v) is 28.7. The van der Waals surface area contributed by atoms with Crippen LogP contribution in [0.5, 0.6) is 17.2 Å². The zero-order valence-corrected chi connectivity index (χ0v) is 75.3. The molecule has 6 saturated heterocycles. The summed E-state index contributed by atoms with van der Waals surface area (Å²) >= 11 is 0. The Labute approximate surface area is 776 Å². The van der Waals surface area contributed by atoms with E-state index in [1.165, 1.54) is 7.94 Å². The van der Waals surface area contributed by atoms with Crippen LogP contribution in [0, 0.1) is 34.0 Å². The SMILES string of the molecule is N#Cc1cc(-c2ccnc3[nH]c(-c4ccc(N5CCN(C(=O)CO)CC5)cc4)cc23)ccc1OC1CCOCC1.N#Cc1cc(-c2ccnc3c2cc(-c2ccc(N4CCN(C(=O)CO)CC4)cc2)n3S(=O)(=O)c2ccccc2)ccc1OC1CCOCC1.N#Cc1cc(-c2ccnc3c2cc(-c2ccc(N4CCNCC4)cc2)n3S(=O)(=O)c2ccccc2)ccc1OC1CCOCC1. The molecule has 6 aliphatic heterocycles. The van der Waals surface area contributed by atoms with E-state index in [4.69, 9.17) is 33.5 Å². The number of hydrogen-bond acceptors (Lipinski definition) is 24. The van der Waals surface area contributed by atoms with Gasteiger partial charge in [0.25, 0.3) is 20.0 Å². The normalized spacial score (nSPS) is 15.9. The summed E-state index contributed by atoms with van der Waals surface area (Å²) in [6.07, 6.45) is 9.75. The summed E-state index contributed by atoms with van der Waals surface area (Å²) in [5.74, 6) is 1.16. The number of ether oxygens (including phenoxy) is 6. The number of rotatable bonds is 21. The average Bonchev–Trinajstić information content (AvgIpc) is 1.59. The predicted octanol–water partition coefficient (Wildman–Crippen LogP) is 14.1. The number of piperazine rings is 3. The molecule has 6 aromatic heterocycles. The van der Waals surface area contributed by atoms with Gasteiger partial charge in [0.1, 0.15) is 72.6 Å². The highest BCUT2D eigenvalue weighted by Gasteiger charge is 2.32. The number of pyridine rings is 3. The van der Waals surface area contributed by atoms with E-state index >= 15 is 0 Å². The Balaban J connectivity index is 0.000000135. The maximum atomic E-state index is 14.3. The van der Waals surface area contributed by atoms with Crippen LogP contribution in [0.3, 0.4) is 0 Å². The number of aromatic amines is 1. The van der Waals surface area contributed by atoms with Gasteiger partial charge in [-0.05, 0) is 184 Å². The van der Waals surface area contributed by atoms with Crippen LogP contribution in [-0.4, -0.2) is 226 Å². The molecule has 0 saturated carbocycles. The van der Waals surface area contributed by atoms with E-state index in [-0.39, 0.29) is 45.6 Å². The Hall–Kier alpha value is -14.3. The first kappa shape index (κ1) is 90.3. The van der Waals surface area contributed by atoms with Crippen LogP contribution >= 0.6 is 0 Å². The average molecular weight is 1840 g/mol. The van der Waals surface area contributed by atoms with Crippen LogP contribution in [0.25, 0.3) is 100 Å². The van der Waals surface area contributed by atoms with Gasteiger partial charge in [0.2, 0.25) is 11.8 Å². The second-order valence-corrected chi connectivity index (χ2v) is 37.0. The van der Waals surface area contributed by atoms with Crippen molar-refractivity contribution < 1.29 is 65.1 Å². The molecule has 0 atom stereocenters. The molecule has 31 heteroatoms. The Morgan fingerprint density at radius 3 is 1.08 bits per heavy atom. The number of fused-ring (bicyclic) bond motifs is 3. The Morgan fingerprint density at radius 2 is 0.724 bits per heavy atom. The molecule has 6 aliphatic rings. The standard InChI is InChI=1S/C37H35N5O6S.C35H33N5O4S.C31H31N5O4/c38-24-28-22-27(8-11-35(28)48-30-13-20-47-21-14-30)32-12-15-39-37-33(32)23-34(42(37)49(45,46)31-4-2-1-3-5-31)26-6-9-29(10-7-26)40-16-18-41(19-17-40)36(44)25-43;36-24-27-22-26(8-11-34(27)44-29-13-20-43-21-14-29)31-12-15-38-35-32(31)23-33(40(35)45(41,42)30-4-2-1-3-5-30)25-6-9-28(10-7-25)39-18-16-37-17-19-39;32-19-23-17-22(3-6-29(23)40-25-8-15-39-16-9-25)26-7-10-33-31-27(26)18-28(34-31)21-1-4-24(5-2-21)35-11-13-36(14-12-35)30(38)20-37/h1-12,15,22-23,30,43H,13-14,16-21,25H2;1-12,15,22-23,29,37H,13-14,16-21H2;1-7,10,17-18,25,37H,8-9,11-16,20H2,(H,33,34). The molecule has 4 N–H and O–H groups in total. The summed E-state index contributed by atoms with van der Waals surface area (Å²) in [4.78, 5) is 51.2. The van der Waals surface area contributed by atoms with Crippen LogP contribution in [0.15, 0.2) is 253 Å². The van der Waals surface area contributed by atoms with E-state index in [1.807, 2.05) is 115 Å². The number of nitrogens with one attached hydrogen (secondary N) is 2. The van der Waals surface area contributed by atoms with Crippen molar-refractivity contribution in [2.75, 3.05) is 146 Å². The van der Waals surface area contributed by atoms with Gasteiger partial charge in [0.05, 0.1) is 77.5 Å². The molecule has 0 bridgehead atoms. The lowest BCUT2D eigenvalue weighted by atomic mass is 10.0. The van der Waals surface area contributed by atoms with Gasteiger partial charge in [-0.2, -0.15) is 15.8 Å². The van der Waals surface area contributed by atoms with E-state index in [0.717, 1.165) is 156 Å². The summed E-state index contributed by atoms with van der Waals surface area (Å²) in [7, 11) is -8.09. The van der Waals surface area contributed by atoms with Gasteiger partial charge in [-0.25, -0.2) is 39.7 Å². The summed E-state index contributed by atoms with van der Waals surface area (Å²) in [5.41, 5.74) is 15.2. The quantitative estimate of drug-likeness (QED) is 0.0519. The highest BCUT2D eigenvalue weighted by Crippen LogP contribution is 2.43. The Kier molecular flexibility index (Phi) is 27.5. The summed E-state index contributed by atoms with van der Waals surface area (Å²) in [6, 6.07) is 75.8. The number of hydrogen-bond donors (Lipinski definition) is 4. The summed E-state index contributed by atoms with van der Waals surface area (Å²) < 4.78 is 94.5. The molecule has 2 amide bonds. The summed E-state index contributed by atoms with van der Waals surface area (Å²) in [5, 5.41) is 53.9. The Bertz CT molecular complexity index is 6960. The minimum absolute atomic E-state index is 0.00193. The van der Waals surface area contributed by atoms with Gasteiger partial charge in [-0.3, -0.25) is 9.59 Å². The molecule has 6 fully saturated rings. The molecule has 14 aromatic rings. The van der Waals surface area contributed by atoms with Crippen molar-refractivity contribution in [3.8, 4) is 103 Å². The van der Waals surface area contributed by atoms with Crippen LogP contribution in [0.1, 0.15) is 55.2 Å². The smallest absolute Gasteiger partial charge is 0.269 e. The first-order valence-corrected chi connectivity index (χ1v) is 47.9. The molecule has 0 spiro atoms. The number of anilines is 3. The number of amides is 2. The second-order valence-electron chi connectivity index (χ2n) is 33.4. The molecule has 20 rings (SSSR count). The van der Waals surface area contributed by atoms with Gasteiger partial charge in [0, 0.05) is 175 Å². The number of H-pyrrole nitrogens is 1. The third kappa shape index (κ3) is 19.5. The number of nitriles is 3. The van der Waals surface area contributed by atoms with Crippen molar-refractivity contribution in [2.24, 2.45) is 0 Å². The lowest BCUT2D eigenvalue weighted by Gasteiger charge is -2.36. The van der Waals surface area contributed by atoms with Gasteiger partial charge in [0.15, 0.2) is 11.3 Å². The van der Waals surface area contributed by atoms with Crippen molar-refractivity contribution in [3.63, 3.8) is 0 Å². The number of aromatic nitrogens is 6. The van der Waals surface area contributed by atoms with Crippen molar-refractivity contribution in [3.05, 3.63) is 260 Å². The molecular weight excluding hydrogens is 1740 g/mol. The zero-order valence-electron chi connectivity index (χ0n) is 73.6. The van der Waals surface area contributed by atoms with Crippen molar-refractivity contribution in [1.82, 2.24) is 43.0 Å². The van der Waals surface area contributed by atoms with Gasteiger partial charge in [-0.15, -0.1) is 0 Å². The van der Waals surface area contributed by atoms with Gasteiger partial charge >= 0.3 is 0 Å². The number of carbonyl (C=O) groups is 2. The monoisotopic (exact) mass is 1830 g/mol. The number of aliphatic hydroxyl groups excluding tert-OH is 2. The lowest BCUT2D eigenvalue weighted by molar-refractivity contribution is -0.135. The van der Waals surface area contributed by atoms with Crippen molar-refractivity contribution >= 4 is 82.0 Å². The van der Waals surface area contributed by atoms with Crippen LogP contribution in [-0.2, 0) is 43.8 Å². The molecule has 0 unspecified atom stereocenters. The van der Waals surface area contributed by atoms with Gasteiger partial charge in [-0.1, -0.05) is 91.0 Å². The molecule has 0 aliphatic carbocycles. The number of aliphatic hydroxyl groups is 2. The zero-order chi connectivity index (χ0) is 92.2. The first-order valence-electron chi connectivity index (χ1n) is 45.0. The second kappa shape index (κ2) is 40.8. The first-order chi connectivity index (χ1) is 65.5. The highest BCUT2D eigenvalue weighted by molar-refractivity contribution is 7.90. The van der Waals surface area contributed by atoms with Crippen LogP contribution in [0.4, 0.5) is 17.1 Å². The number of benzene rings is 8. The molecule has 0 radical (unpaired) electrons. The molecular formula is C103H99N15O14S2. The topological polar surface area (TPSA) is 362 Å². The maximum absolute atomic E-state index is 14.3. The fourth-order valence-corrected chi connectivity index (χ4v) is 21.0. The van der Waals surface area contributed by atoms with E-state index < -0.39 is 33.3 Å². The van der Waals surface area contributed by atoms with E-state index in [2.05, 4.69) is 88.5 Å². The predicted molar refractivity (Wildman–Crippen MR) is 511 cm³/mol. The number of nitrogens with zero attached hydrogens (tertiary/aromatic N) is 13. The van der Waals surface area contributed by atoms with Crippen molar-refractivity contribution in [1.29, 1.82) is 15.8 Å². The van der Waals surface area contributed by atoms with Crippen LogP contribution in [0.2, 0.25) is 0 Å². The fraction of sp³-hybridized carbons (Fsp3) is 0.282. The summed E-state index contributed by atoms with van der Waals surface area (Å²) in [6.45, 7) is 11.6. The molecule has 8 aromatic carbocycles. The molecule has 29 nitrogen and oxygen atoms in total. The maximum Gasteiger partial charge on any atom is 0.269 e. The third-order valence-electron chi connectivity index (χ3n) is 25.3. The number of carbonyl (C=O) groups excluding carboxylic acids is 2. The van der Waals surface area contributed by atoms with Gasteiger partial charge < -0.3 is 73.4 Å². The lowest BCUT2D eigenvalue weighted by Crippen LogP contribution is -2.49. The van der Waals surface area contributed by atoms with E-state index in [0.29, 0.717) is 146 Å². The molecule has 12 heterocycles. The van der Waals surface area contributed by atoms with Crippen molar-refractivity contribution in [2.45, 2.75) is 66.6 Å². The minimum Gasteiger partial charge on any atom is -0.489 e.